The van der Waals surface area contributed by atoms with Crippen LogP contribution in [0.3, 0.4) is 0 Å². The van der Waals surface area contributed by atoms with E-state index in [0.717, 1.165) is 33.2 Å². The molecule has 0 aliphatic carbocycles. The fraction of sp³-hybridized carbons (Fsp3) is 0.750. The summed E-state index contributed by atoms with van der Waals surface area (Å²) in [4.78, 5) is 55.3. The van der Waals surface area contributed by atoms with E-state index in [1.165, 1.54) is 47.8 Å². The predicted octanol–water partition coefficient (Wildman–Crippen LogP) is 3.05. The SMILES string of the molecule is O=C=NCC(N=C=O)SCSCC1CSC(CSCSC(CN=C=O)N=C=O)CS1. The van der Waals surface area contributed by atoms with Gasteiger partial charge in [-0.15, -0.1) is 47.0 Å². The fourth-order valence-electron chi connectivity index (χ4n) is 2.00. The van der Waals surface area contributed by atoms with Crippen LogP contribution in [-0.2, 0) is 19.2 Å². The van der Waals surface area contributed by atoms with E-state index in [0.29, 0.717) is 10.5 Å². The standard InChI is InChI=1S/C16H20N4O4S6/c21-7-17-1-15(19-9-23)29-11-25-3-13-5-28-14(6-27-13)4-26-12-30-16(20-10-24)2-18-8-22/h13-16H,1-6,11-12H2. The van der Waals surface area contributed by atoms with Gasteiger partial charge in [0.05, 0.1) is 13.1 Å². The summed E-state index contributed by atoms with van der Waals surface area (Å²) in [6.07, 6.45) is 5.95. The molecule has 0 amide bonds. The highest BCUT2D eigenvalue weighted by atomic mass is 32.2. The molecule has 4 atom stereocenters. The van der Waals surface area contributed by atoms with Crippen molar-refractivity contribution >= 4 is 94.9 Å². The third kappa shape index (κ3) is 13.8. The Morgan fingerprint density at radius 1 is 0.733 bits per heavy atom. The van der Waals surface area contributed by atoms with Gasteiger partial charge in [-0.3, -0.25) is 0 Å². The molecule has 0 saturated carbocycles. The van der Waals surface area contributed by atoms with Gasteiger partial charge in [-0.1, -0.05) is 0 Å². The van der Waals surface area contributed by atoms with Crippen LogP contribution in [0.2, 0.25) is 0 Å². The van der Waals surface area contributed by atoms with Gasteiger partial charge in [0.2, 0.25) is 24.3 Å². The molecular formula is C16H20N4O4S6. The molecule has 1 aliphatic heterocycles. The molecule has 1 rings (SSSR count). The lowest BCUT2D eigenvalue weighted by Crippen LogP contribution is -2.24. The Labute approximate surface area is 200 Å². The van der Waals surface area contributed by atoms with Crippen molar-refractivity contribution in [2.45, 2.75) is 21.2 Å². The lowest BCUT2D eigenvalue weighted by molar-refractivity contribution is 0.559. The number of isocyanates is 4. The lowest BCUT2D eigenvalue weighted by Gasteiger charge is -2.27. The topological polar surface area (TPSA) is 118 Å². The second kappa shape index (κ2) is 19.3. The van der Waals surface area contributed by atoms with Crippen LogP contribution in [0.1, 0.15) is 0 Å². The number of hydrogen-bond acceptors (Lipinski definition) is 14. The summed E-state index contributed by atoms with van der Waals surface area (Å²) in [7, 11) is 0. The van der Waals surface area contributed by atoms with Crippen molar-refractivity contribution in [1.82, 2.24) is 0 Å². The highest BCUT2D eigenvalue weighted by molar-refractivity contribution is 8.17. The third-order valence-corrected chi connectivity index (χ3v) is 12.0. The number of nitrogens with zero attached hydrogens (tertiary/aromatic N) is 4. The van der Waals surface area contributed by atoms with Crippen LogP contribution in [-0.4, -0.2) is 91.8 Å². The zero-order valence-electron chi connectivity index (χ0n) is 15.8. The van der Waals surface area contributed by atoms with Crippen LogP contribution in [0.4, 0.5) is 0 Å². The fourth-order valence-corrected chi connectivity index (χ4v) is 10.2. The van der Waals surface area contributed by atoms with E-state index >= 15 is 0 Å². The first-order valence-corrected chi connectivity index (χ1v) is 15.1. The van der Waals surface area contributed by atoms with Crippen molar-refractivity contribution in [3.63, 3.8) is 0 Å². The number of hydrogen-bond donors (Lipinski definition) is 0. The lowest BCUT2D eigenvalue weighted by atomic mass is 10.5. The third-order valence-electron chi connectivity index (χ3n) is 3.35. The van der Waals surface area contributed by atoms with Crippen molar-refractivity contribution < 1.29 is 19.2 Å². The van der Waals surface area contributed by atoms with E-state index in [2.05, 4.69) is 20.0 Å². The molecule has 0 aromatic rings. The van der Waals surface area contributed by atoms with Gasteiger partial charge < -0.3 is 0 Å². The van der Waals surface area contributed by atoms with Crippen molar-refractivity contribution in [1.29, 1.82) is 0 Å². The first-order chi connectivity index (χ1) is 14.7. The molecule has 14 heteroatoms. The Morgan fingerprint density at radius 2 is 1.17 bits per heavy atom. The minimum atomic E-state index is -0.369. The summed E-state index contributed by atoms with van der Waals surface area (Å²) in [5.41, 5.74) is 0. The molecular weight excluding hydrogens is 505 g/mol. The highest BCUT2D eigenvalue weighted by Crippen LogP contribution is 2.34. The molecule has 0 aromatic heterocycles. The molecule has 1 heterocycles. The molecule has 30 heavy (non-hydrogen) atoms. The Bertz CT molecular complexity index is 625. The molecule has 1 fully saturated rings. The first-order valence-electron chi connectivity index (χ1n) is 8.56. The van der Waals surface area contributed by atoms with Crippen molar-refractivity contribution in [2.24, 2.45) is 20.0 Å². The maximum Gasteiger partial charge on any atom is 0.236 e. The summed E-state index contributed by atoms with van der Waals surface area (Å²) in [6, 6.07) is 0. The number of rotatable bonds is 16. The van der Waals surface area contributed by atoms with Crippen LogP contribution in [0, 0.1) is 0 Å². The summed E-state index contributed by atoms with van der Waals surface area (Å²) in [5.74, 6) is 4.24. The van der Waals surface area contributed by atoms with Crippen LogP contribution in [0.25, 0.3) is 0 Å². The highest BCUT2D eigenvalue weighted by Gasteiger charge is 2.22. The second-order valence-electron chi connectivity index (χ2n) is 5.44. The number of thioether (sulfide) groups is 6. The number of aliphatic imine (C=N–C) groups is 4. The van der Waals surface area contributed by atoms with Gasteiger partial charge in [0.1, 0.15) is 10.7 Å². The van der Waals surface area contributed by atoms with E-state index in [4.69, 9.17) is 0 Å². The van der Waals surface area contributed by atoms with Crippen molar-refractivity contribution in [3.05, 3.63) is 0 Å². The smallest absolute Gasteiger partial charge is 0.211 e. The molecule has 0 bridgehead atoms. The molecule has 164 valence electrons. The maximum absolute atomic E-state index is 10.4. The summed E-state index contributed by atoms with van der Waals surface area (Å²) >= 11 is 10.5. The first kappa shape index (κ1) is 27.7. The Hall–Kier alpha value is -0.380. The zero-order valence-corrected chi connectivity index (χ0v) is 20.7. The Morgan fingerprint density at radius 3 is 1.50 bits per heavy atom. The van der Waals surface area contributed by atoms with Gasteiger partial charge in [-0.05, 0) is 0 Å². The molecule has 0 aromatic carbocycles. The Kier molecular flexibility index (Phi) is 17.8. The Balaban J connectivity index is 2.14. The van der Waals surface area contributed by atoms with Crippen molar-refractivity contribution in [2.75, 3.05) is 46.3 Å². The van der Waals surface area contributed by atoms with E-state index < -0.39 is 0 Å². The summed E-state index contributed by atoms with van der Waals surface area (Å²) in [6.45, 7) is 0.310. The molecule has 1 saturated heterocycles. The van der Waals surface area contributed by atoms with E-state index in [-0.39, 0.29) is 23.8 Å². The minimum absolute atomic E-state index is 0.155. The molecule has 8 nitrogen and oxygen atoms in total. The molecule has 4 unspecified atom stereocenters. The normalized spacial score (nSPS) is 19.9. The van der Waals surface area contributed by atoms with Crippen LogP contribution >= 0.6 is 70.6 Å². The maximum atomic E-state index is 10.4. The van der Waals surface area contributed by atoms with Gasteiger partial charge in [-0.25, -0.2) is 29.2 Å². The number of carbonyl (C=O) groups excluding carboxylic acids is 4. The van der Waals surface area contributed by atoms with Crippen LogP contribution in [0.5, 0.6) is 0 Å². The van der Waals surface area contributed by atoms with Gasteiger partial charge in [0.25, 0.3) is 0 Å². The monoisotopic (exact) mass is 524 g/mol. The van der Waals surface area contributed by atoms with Gasteiger partial charge >= 0.3 is 0 Å². The largest absolute Gasteiger partial charge is 0.236 e. The quantitative estimate of drug-likeness (QED) is 0.129. The van der Waals surface area contributed by atoms with Crippen LogP contribution < -0.4 is 0 Å². The van der Waals surface area contributed by atoms with E-state index in [1.54, 1.807) is 23.5 Å². The van der Waals surface area contributed by atoms with Gasteiger partial charge in [0.15, 0.2) is 0 Å². The van der Waals surface area contributed by atoms with Crippen LogP contribution in [0.15, 0.2) is 20.0 Å². The molecule has 1 aliphatic rings. The summed E-state index contributed by atoms with van der Waals surface area (Å²) < 4.78 is 0. The van der Waals surface area contributed by atoms with E-state index in [1.807, 2.05) is 23.5 Å². The summed E-state index contributed by atoms with van der Waals surface area (Å²) in [5, 5.41) is 1.99. The second-order valence-corrected chi connectivity index (χ2v) is 13.2. The minimum Gasteiger partial charge on any atom is -0.211 e. The molecule has 0 radical (unpaired) electrons. The van der Waals surface area contributed by atoms with E-state index in [9.17, 15) is 19.2 Å². The molecule has 0 spiro atoms. The van der Waals surface area contributed by atoms with Crippen molar-refractivity contribution in [3.8, 4) is 0 Å². The predicted molar refractivity (Wildman–Crippen MR) is 132 cm³/mol. The molecule has 0 N–H and O–H groups in total. The average Bonchev–Trinajstić information content (AvgIpc) is 2.77. The van der Waals surface area contributed by atoms with Gasteiger partial charge in [0, 0.05) is 43.7 Å². The zero-order chi connectivity index (χ0) is 21.9. The average molecular weight is 525 g/mol. The van der Waals surface area contributed by atoms with Gasteiger partial charge in [-0.2, -0.15) is 33.5 Å².